The first-order chi connectivity index (χ1) is 7.34. The summed E-state index contributed by atoms with van der Waals surface area (Å²) in [5, 5.41) is 0. The lowest BCUT2D eigenvalue weighted by molar-refractivity contribution is 0.310. The summed E-state index contributed by atoms with van der Waals surface area (Å²) in [6.45, 7) is 2.53. The molecule has 0 saturated carbocycles. The molecule has 0 aliphatic heterocycles. The topological polar surface area (TPSA) is 9.23 Å². The van der Waals surface area contributed by atoms with Gasteiger partial charge in [-0.2, -0.15) is 0 Å². The summed E-state index contributed by atoms with van der Waals surface area (Å²) in [5.74, 6) is 5.97. The van der Waals surface area contributed by atoms with Gasteiger partial charge in [0.25, 0.3) is 0 Å². The predicted octanol–water partition coefficient (Wildman–Crippen LogP) is 3.40. The Kier molecular flexibility index (Phi) is 5.32. The zero-order chi connectivity index (χ0) is 10.9. The van der Waals surface area contributed by atoms with Gasteiger partial charge in [0.15, 0.2) is 11.6 Å². The molecule has 1 nitrogen and oxygen atoms in total. The Labute approximate surface area is 90.3 Å². The van der Waals surface area contributed by atoms with Crippen LogP contribution >= 0.6 is 0 Å². The molecule has 15 heavy (non-hydrogen) atoms. The number of para-hydroxylation sites is 1. The molecule has 0 heterocycles. The second kappa shape index (κ2) is 6.89. The highest BCUT2D eigenvalue weighted by molar-refractivity contribution is 5.23. The highest BCUT2D eigenvalue weighted by atomic mass is 19.1. The van der Waals surface area contributed by atoms with Gasteiger partial charge >= 0.3 is 0 Å². The molecule has 1 rings (SSSR count). The molecule has 1 aromatic carbocycles. The number of hydrogen-bond donors (Lipinski definition) is 0. The summed E-state index contributed by atoms with van der Waals surface area (Å²) in [7, 11) is 0. The van der Waals surface area contributed by atoms with Gasteiger partial charge in [0.2, 0.25) is 0 Å². The lowest BCUT2D eigenvalue weighted by atomic mass is 10.3. The van der Waals surface area contributed by atoms with E-state index in [0.717, 1.165) is 12.8 Å². The summed E-state index contributed by atoms with van der Waals surface area (Å²) in [6.07, 6.45) is 2.63. The third-order valence-electron chi connectivity index (χ3n) is 1.82. The summed E-state index contributed by atoms with van der Waals surface area (Å²) < 4.78 is 18.3. The molecule has 0 fully saturated rings. The Bertz CT molecular complexity index is 349. The molecule has 0 amide bonds. The van der Waals surface area contributed by atoms with Crippen LogP contribution in [0.4, 0.5) is 4.39 Å². The molecule has 0 N–H and O–H groups in total. The van der Waals surface area contributed by atoms with Crippen LogP contribution in [0.1, 0.15) is 26.2 Å². The highest BCUT2D eigenvalue weighted by Gasteiger charge is 1.99. The highest BCUT2D eigenvalue weighted by Crippen LogP contribution is 2.15. The van der Waals surface area contributed by atoms with Crippen LogP contribution < -0.4 is 4.74 Å². The average Bonchev–Trinajstić information content (AvgIpc) is 2.25. The summed E-state index contributed by atoms with van der Waals surface area (Å²) in [5.41, 5.74) is 0. The summed E-state index contributed by atoms with van der Waals surface area (Å²) >= 11 is 0. The molecule has 0 spiro atoms. The maximum absolute atomic E-state index is 13.1. The fourth-order valence-corrected chi connectivity index (χ4v) is 1.08. The van der Waals surface area contributed by atoms with E-state index in [1.807, 2.05) is 0 Å². The number of ether oxygens (including phenoxy) is 1. The number of hydrogen-bond acceptors (Lipinski definition) is 1. The van der Waals surface area contributed by atoms with Crippen molar-refractivity contribution in [2.45, 2.75) is 26.2 Å². The van der Waals surface area contributed by atoms with E-state index in [0.29, 0.717) is 18.8 Å². The van der Waals surface area contributed by atoms with Gasteiger partial charge in [0.1, 0.15) is 0 Å². The zero-order valence-electron chi connectivity index (χ0n) is 8.92. The maximum atomic E-state index is 13.1. The van der Waals surface area contributed by atoms with Gasteiger partial charge in [-0.3, -0.25) is 0 Å². The quantitative estimate of drug-likeness (QED) is 0.542. The number of unbranched alkanes of at least 4 members (excludes halogenated alkanes) is 1. The molecule has 80 valence electrons. The molecular formula is C13H15FO. The minimum absolute atomic E-state index is 0.301. The molecule has 0 atom stereocenters. The van der Waals surface area contributed by atoms with Crippen molar-refractivity contribution in [3.63, 3.8) is 0 Å². The first-order valence-corrected chi connectivity index (χ1v) is 5.17. The minimum Gasteiger partial charge on any atom is -0.490 e. The van der Waals surface area contributed by atoms with Gasteiger partial charge in [0.05, 0.1) is 6.61 Å². The van der Waals surface area contributed by atoms with E-state index in [9.17, 15) is 4.39 Å². The van der Waals surface area contributed by atoms with Crippen LogP contribution in [0.5, 0.6) is 5.75 Å². The number of rotatable bonds is 4. The SMILES string of the molecule is CCCC#CCCOc1ccccc1F. The van der Waals surface area contributed by atoms with Gasteiger partial charge in [-0.25, -0.2) is 4.39 Å². The van der Waals surface area contributed by atoms with E-state index in [2.05, 4.69) is 18.8 Å². The second-order valence-corrected chi connectivity index (χ2v) is 3.13. The van der Waals surface area contributed by atoms with Gasteiger partial charge in [-0.15, -0.1) is 5.92 Å². The van der Waals surface area contributed by atoms with Crippen LogP contribution in [-0.2, 0) is 0 Å². The second-order valence-electron chi connectivity index (χ2n) is 3.13. The number of benzene rings is 1. The van der Waals surface area contributed by atoms with Gasteiger partial charge in [-0.1, -0.05) is 25.0 Å². The lowest BCUT2D eigenvalue weighted by Gasteiger charge is -2.03. The Morgan fingerprint density at radius 2 is 1.93 bits per heavy atom. The van der Waals surface area contributed by atoms with Gasteiger partial charge < -0.3 is 4.74 Å². The molecule has 0 saturated heterocycles. The van der Waals surface area contributed by atoms with Crippen LogP contribution in [0.2, 0.25) is 0 Å². The summed E-state index contributed by atoms with van der Waals surface area (Å²) in [4.78, 5) is 0. The van der Waals surface area contributed by atoms with Crippen molar-refractivity contribution in [1.82, 2.24) is 0 Å². The van der Waals surface area contributed by atoms with Crippen molar-refractivity contribution in [2.75, 3.05) is 6.61 Å². The van der Waals surface area contributed by atoms with E-state index in [1.54, 1.807) is 18.2 Å². The largest absolute Gasteiger partial charge is 0.490 e. The maximum Gasteiger partial charge on any atom is 0.165 e. The van der Waals surface area contributed by atoms with Gasteiger partial charge in [0, 0.05) is 12.8 Å². The first-order valence-electron chi connectivity index (χ1n) is 5.17. The molecular weight excluding hydrogens is 191 g/mol. The van der Waals surface area contributed by atoms with Crippen molar-refractivity contribution in [1.29, 1.82) is 0 Å². The van der Waals surface area contributed by atoms with Crippen LogP contribution in [-0.4, -0.2) is 6.61 Å². The third kappa shape index (κ3) is 4.51. The monoisotopic (exact) mass is 206 g/mol. The fraction of sp³-hybridized carbons (Fsp3) is 0.385. The Morgan fingerprint density at radius 3 is 2.67 bits per heavy atom. The summed E-state index contributed by atoms with van der Waals surface area (Å²) in [6, 6.07) is 6.40. The molecule has 2 heteroatoms. The fourth-order valence-electron chi connectivity index (χ4n) is 1.08. The van der Waals surface area contributed by atoms with Gasteiger partial charge in [-0.05, 0) is 18.6 Å². The van der Waals surface area contributed by atoms with Crippen molar-refractivity contribution in [3.05, 3.63) is 30.1 Å². The van der Waals surface area contributed by atoms with Crippen molar-refractivity contribution in [3.8, 4) is 17.6 Å². The van der Waals surface area contributed by atoms with E-state index >= 15 is 0 Å². The van der Waals surface area contributed by atoms with E-state index in [1.165, 1.54) is 6.07 Å². The van der Waals surface area contributed by atoms with E-state index in [-0.39, 0.29) is 5.82 Å². The molecule has 0 aliphatic rings. The molecule has 0 bridgehead atoms. The van der Waals surface area contributed by atoms with Crippen LogP contribution in [0.3, 0.4) is 0 Å². The van der Waals surface area contributed by atoms with Crippen LogP contribution in [0, 0.1) is 17.7 Å². The van der Waals surface area contributed by atoms with E-state index < -0.39 is 0 Å². The average molecular weight is 206 g/mol. The zero-order valence-corrected chi connectivity index (χ0v) is 8.92. The van der Waals surface area contributed by atoms with Crippen LogP contribution in [0.25, 0.3) is 0 Å². The first kappa shape index (κ1) is 11.6. The predicted molar refractivity (Wildman–Crippen MR) is 59.2 cm³/mol. The standard InChI is InChI=1S/C13H15FO/c1-2-3-4-5-8-11-15-13-10-7-6-9-12(13)14/h6-7,9-10H,2-3,8,11H2,1H3. The van der Waals surface area contributed by atoms with Crippen molar-refractivity contribution in [2.24, 2.45) is 0 Å². The molecule has 0 aliphatic carbocycles. The minimum atomic E-state index is -0.320. The van der Waals surface area contributed by atoms with E-state index in [4.69, 9.17) is 4.74 Å². The molecule has 0 radical (unpaired) electrons. The Balaban J connectivity index is 2.27. The van der Waals surface area contributed by atoms with Crippen molar-refractivity contribution < 1.29 is 9.13 Å². The Hall–Kier alpha value is -1.49. The Morgan fingerprint density at radius 1 is 1.20 bits per heavy atom. The lowest BCUT2D eigenvalue weighted by Crippen LogP contribution is -1.97. The smallest absolute Gasteiger partial charge is 0.165 e. The van der Waals surface area contributed by atoms with Crippen LogP contribution in [0.15, 0.2) is 24.3 Å². The normalized spacial score (nSPS) is 9.20. The number of halogens is 1. The molecule has 0 unspecified atom stereocenters. The van der Waals surface area contributed by atoms with Crippen molar-refractivity contribution >= 4 is 0 Å². The third-order valence-corrected chi connectivity index (χ3v) is 1.82. The molecule has 1 aromatic rings. The molecule has 0 aromatic heterocycles.